The van der Waals surface area contributed by atoms with Crippen molar-refractivity contribution in [3.8, 4) is 0 Å². The van der Waals surface area contributed by atoms with Crippen molar-refractivity contribution in [3.05, 3.63) is 24.0 Å². The van der Waals surface area contributed by atoms with Crippen LogP contribution in [0.25, 0.3) is 0 Å². The highest BCUT2D eigenvalue weighted by Gasteiger charge is 2.28. The normalized spacial score (nSPS) is 16.9. The third-order valence-corrected chi connectivity index (χ3v) is 3.38. The molecule has 1 aliphatic rings. The van der Waals surface area contributed by atoms with Crippen LogP contribution in [0.15, 0.2) is 18.2 Å². The molecule has 0 unspecified atom stereocenters. The Hall–Kier alpha value is -1.82. The topological polar surface area (TPSA) is 58.8 Å². The summed E-state index contributed by atoms with van der Waals surface area (Å²) in [5, 5.41) is 1.64. The van der Waals surface area contributed by atoms with Crippen LogP contribution in [0.5, 0.6) is 0 Å². The van der Waals surface area contributed by atoms with Crippen LogP contribution in [-0.4, -0.2) is 37.2 Å². The van der Waals surface area contributed by atoms with Crippen LogP contribution in [0, 0.1) is 11.2 Å². The van der Waals surface area contributed by atoms with Crippen molar-refractivity contribution in [2.24, 2.45) is 5.41 Å². The molecule has 0 amide bonds. The molecule has 2 rings (SSSR count). The van der Waals surface area contributed by atoms with E-state index >= 15 is 0 Å². The fourth-order valence-corrected chi connectivity index (χ4v) is 2.05. The van der Waals surface area contributed by atoms with Gasteiger partial charge < -0.3 is 15.5 Å². The SMILES string of the molecule is CC(C)(C)C(=O)ON1CCN(c2ccc(N)cc2F)CC1. The first-order valence-corrected chi connectivity index (χ1v) is 7.05. The fourth-order valence-electron chi connectivity index (χ4n) is 2.05. The summed E-state index contributed by atoms with van der Waals surface area (Å²) in [4.78, 5) is 19.1. The third-order valence-electron chi connectivity index (χ3n) is 3.38. The molecule has 0 bridgehead atoms. The van der Waals surface area contributed by atoms with E-state index in [-0.39, 0.29) is 11.8 Å². The first-order chi connectivity index (χ1) is 9.77. The van der Waals surface area contributed by atoms with E-state index in [9.17, 15) is 9.18 Å². The summed E-state index contributed by atoms with van der Waals surface area (Å²) in [6, 6.07) is 4.69. The monoisotopic (exact) mass is 295 g/mol. The molecule has 1 aliphatic heterocycles. The number of carbonyl (C=O) groups is 1. The van der Waals surface area contributed by atoms with Crippen LogP contribution in [0.2, 0.25) is 0 Å². The highest BCUT2D eigenvalue weighted by molar-refractivity contribution is 5.75. The zero-order chi connectivity index (χ0) is 15.6. The number of nitrogen functional groups attached to an aromatic ring is 1. The summed E-state index contributed by atoms with van der Waals surface area (Å²) >= 11 is 0. The van der Waals surface area contributed by atoms with Gasteiger partial charge in [-0.1, -0.05) is 0 Å². The van der Waals surface area contributed by atoms with Gasteiger partial charge >= 0.3 is 5.97 Å². The van der Waals surface area contributed by atoms with Crippen molar-refractivity contribution in [2.45, 2.75) is 20.8 Å². The highest BCUT2D eigenvalue weighted by Crippen LogP contribution is 2.23. The molecule has 1 heterocycles. The average molecular weight is 295 g/mol. The van der Waals surface area contributed by atoms with Crippen LogP contribution in [-0.2, 0) is 9.63 Å². The molecule has 116 valence electrons. The number of hydroxylamine groups is 2. The first kappa shape index (κ1) is 15.6. The zero-order valence-electron chi connectivity index (χ0n) is 12.7. The van der Waals surface area contributed by atoms with Gasteiger partial charge in [0, 0.05) is 18.8 Å². The van der Waals surface area contributed by atoms with Crippen molar-refractivity contribution in [3.63, 3.8) is 0 Å². The van der Waals surface area contributed by atoms with Crippen LogP contribution in [0.3, 0.4) is 0 Å². The van der Waals surface area contributed by atoms with Crippen molar-refractivity contribution in [1.29, 1.82) is 0 Å². The van der Waals surface area contributed by atoms with Gasteiger partial charge in [-0.2, -0.15) is 0 Å². The van der Waals surface area contributed by atoms with Crippen LogP contribution < -0.4 is 10.6 Å². The molecule has 0 radical (unpaired) electrons. The maximum Gasteiger partial charge on any atom is 0.330 e. The Morgan fingerprint density at radius 3 is 2.38 bits per heavy atom. The summed E-state index contributed by atoms with van der Waals surface area (Å²) in [7, 11) is 0. The second kappa shape index (κ2) is 5.89. The number of rotatable bonds is 2. The fraction of sp³-hybridized carbons (Fsp3) is 0.533. The van der Waals surface area contributed by atoms with E-state index in [1.807, 2.05) is 25.7 Å². The molecule has 0 spiro atoms. The van der Waals surface area contributed by atoms with Crippen molar-refractivity contribution in [1.82, 2.24) is 5.06 Å². The molecule has 5 nitrogen and oxygen atoms in total. The van der Waals surface area contributed by atoms with Crippen LogP contribution in [0.1, 0.15) is 20.8 Å². The lowest BCUT2D eigenvalue weighted by Gasteiger charge is -2.35. The minimum Gasteiger partial charge on any atom is -0.399 e. The van der Waals surface area contributed by atoms with Gasteiger partial charge in [-0.15, -0.1) is 5.06 Å². The number of halogens is 1. The Kier molecular flexibility index (Phi) is 4.37. The van der Waals surface area contributed by atoms with Crippen LogP contribution >= 0.6 is 0 Å². The largest absolute Gasteiger partial charge is 0.399 e. The van der Waals surface area contributed by atoms with Gasteiger partial charge in [0.15, 0.2) is 0 Å². The number of nitrogens with two attached hydrogens (primary N) is 1. The van der Waals surface area contributed by atoms with Crippen molar-refractivity contribution < 1.29 is 14.0 Å². The second-order valence-corrected chi connectivity index (χ2v) is 6.26. The van der Waals surface area contributed by atoms with E-state index in [1.165, 1.54) is 6.07 Å². The number of anilines is 2. The predicted octanol–water partition coefficient (Wildman–Crippen LogP) is 2.03. The quantitative estimate of drug-likeness (QED) is 0.846. The second-order valence-electron chi connectivity index (χ2n) is 6.26. The molecule has 1 fully saturated rings. The van der Waals surface area contributed by atoms with E-state index in [1.54, 1.807) is 17.2 Å². The Morgan fingerprint density at radius 2 is 1.86 bits per heavy atom. The molecule has 2 N–H and O–H groups in total. The summed E-state index contributed by atoms with van der Waals surface area (Å²) in [5.41, 5.74) is 5.97. The average Bonchev–Trinajstić information content (AvgIpc) is 2.39. The Bertz CT molecular complexity index is 520. The van der Waals surface area contributed by atoms with Gasteiger partial charge in [-0.05, 0) is 39.0 Å². The zero-order valence-corrected chi connectivity index (χ0v) is 12.7. The molecular weight excluding hydrogens is 273 g/mol. The third kappa shape index (κ3) is 3.85. The Balaban J connectivity index is 1.93. The molecule has 0 aliphatic carbocycles. The first-order valence-electron chi connectivity index (χ1n) is 7.05. The Labute approximate surface area is 124 Å². The molecule has 1 saturated heterocycles. The maximum atomic E-state index is 13.9. The van der Waals surface area contributed by atoms with E-state index in [4.69, 9.17) is 10.6 Å². The number of carbonyl (C=O) groups excluding carboxylic acids is 1. The number of benzene rings is 1. The molecule has 0 atom stereocenters. The molecular formula is C15H22FN3O2. The maximum absolute atomic E-state index is 13.9. The molecule has 1 aromatic rings. The number of piperazine rings is 1. The van der Waals surface area contributed by atoms with Crippen molar-refractivity contribution in [2.75, 3.05) is 36.8 Å². The van der Waals surface area contributed by atoms with Gasteiger partial charge in [-0.3, -0.25) is 0 Å². The lowest BCUT2D eigenvalue weighted by Crippen LogP contribution is -2.48. The van der Waals surface area contributed by atoms with E-state index in [2.05, 4.69) is 0 Å². The highest BCUT2D eigenvalue weighted by atomic mass is 19.1. The number of nitrogens with zero attached hydrogens (tertiary/aromatic N) is 2. The summed E-state index contributed by atoms with van der Waals surface area (Å²) in [5.74, 6) is -0.579. The minimum atomic E-state index is -0.528. The van der Waals surface area contributed by atoms with Gasteiger partial charge in [0.05, 0.1) is 24.2 Å². The van der Waals surface area contributed by atoms with Gasteiger partial charge in [0.2, 0.25) is 0 Å². The lowest BCUT2D eigenvalue weighted by molar-refractivity contribution is -0.201. The number of hydrogen-bond acceptors (Lipinski definition) is 5. The summed E-state index contributed by atoms with van der Waals surface area (Å²) < 4.78 is 13.9. The van der Waals surface area contributed by atoms with Gasteiger partial charge in [0.25, 0.3) is 0 Å². The van der Waals surface area contributed by atoms with E-state index in [0.29, 0.717) is 37.6 Å². The summed E-state index contributed by atoms with van der Waals surface area (Å²) in [6.07, 6.45) is 0. The lowest BCUT2D eigenvalue weighted by atomic mass is 9.98. The van der Waals surface area contributed by atoms with E-state index in [0.717, 1.165) is 0 Å². The van der Waals surface area contributed by atoms with E-state index < -0.39 is 5.41 Å². The molecule has 0 aromatic heterocycles. The van der Waals surface area contributed by atoms with Gasteiger partial charge in [0.1, 0.15) is 5.82 Å². The van der Waals surface area contributed by atoms with Crippen LogP contribution in [0.4, 0.5) is 15.8 Å². The predicted molar refractivity (Wildman–Crippen MR) is 80.1 cm³/mol. The summed E-state index contributed by atoms with van der Waals surface area (Å²) in [6.45, 7) is 7.73. The number of hydrogen-bond donors (Lipinski definition) is 1. The minimum absolute atomic E-state index is 0.255. The molecule has 0 saturated carbocycles. The molecule has 1 aromatic carbocycles. The smallest absolute Gasteiger partial charge is 0.330 e. The van der Waals surface area contributed by atoms with Gasteiger partial charge in [-0.25, -0.2) is 9.18 Å². The molecule has 21 heavy (non-hydrogen) atoms. The molecule has 6 heteroatoms. The van der Waals surface area contributed by atoms with Crippen molar-refractivity contribution >= 4 is 17.3 Å². The standard InChI is InChI=1S/C15H22FN3O2/c1-15(2,3)14(20)21-19-8-6-18(7-9-19)13-5-4-11(17)10-12(13)16/h4-5,10H,6-9,17H2,1-3H3. The Morgan fingerprint density at radius 1 is 1.24 bits per heavy atom.